The van der Waals surface area contributed by atoms with Crippen molar-refractivity contribution < 1.29 is 4.79 Å². The van der Waals surface area contributed by atoms with E-state index in [4.69, 9.17) is 0 Å². The fraction of sp³-hybridized carbons (Fsp3) is 0.250. The van der Waals surface area contributed by atoms with E-state index in [1.165, 1.54) is 5.56 Å². The van der Waals surface area contributed by atoms with Crippen molar-refractivity contribution in [2.45, 2.75) is 20.8 Å². The van der Waals surface area contributed by atoms with Crippen LogP contribution in [0.4, 0.5) is 0 Å². The molecule has 0 bridgehead atoms. The van der Waals surface area contributed by atoms with Crippen LogP contribution >= 0.6 is 0 Å². The third-order valence-corrected chi connectivity index (χ3v) is 2.45. The van der Waals surface area contributed by atoms with E-state index in [9.17, 15) is 4.79 Å². The summed E-state index contributed by atoms with van der Waals surface area (Å²) in [4.78, 5) is 11.4. The fourth-order valence-corrected chi connectivity index (χ4v) is 1.87. The molecule has 2 heterocycles. The first-order valence-corrected chi connectivity index (χ1v) is 4.69. The highest BCUT2D eigenvalue weighted by atomic mass is 16.1. The molecular weight excluding hydrogens is 174 g/mol. The number of pyridine rings is 1. The second-order valence-electron chi connectivity index (χ2n) is 3.73. The maximum atomic E-state index is 11.4. The predicted octanol–water partition coefficient (Wildman–Crippen LogP) is 2.76. The van der Waals surface area contributed by atoms with Crippen LogP contribution < -0.4 is 0 Å². The van der Waals surface area contributed by atoms with Gasteiger partial charge >= 0.3 is 0 Å². The number of rotatable bonds is 1. The van der Waals surface area contributed by atoms with Crippen molar-refractivity contribution in [2.75, 3.05) is 0 Å². The SMILES string of the molecule is CC(=O)c1c(C)cc2cc(C)ccn12. The van der Waals surface area contributed by atoms with E-state index in [2.05, 4.69) is 13.0 Å². The molecule has 2 aromatic rings. The number of aromatic nitrogens is 1. The Bertz CT molecular complexity index is 508. The topological polar surface area (TPSA) is 21.5 Å². The molecule has 2 nitrogen and oxygen atoms in total. The Labute approximate surface area is 83.2 Å². The number of carbonyl (C=O) groups excluding carboxylic acids is 1. The maximum Gasteiger partial charge on any atom is 0.176 e. The first kappa shape index (κ1) is 9.00. The van der Waals surface area contributed by atoms with Gasteiger partial charge < -0.3 is 4.40 Å². The van der Waals surface area contributed by atoms with Gasteiger partial charge in [0.05, 0.1) is 5.69 Å². The Morgan fingerprint density at radius 2 is 2.00 bits per heavy atom. The van der Waals surface area contributed by atoms with Crippen molar-refractivity contribution in [3.05, 3.63) is 41.2 Å². The minimum atomic E-state index is 0.117. The van der Waals surface area contributed by atoms with Crippen molar-refractivity contribution in [1.82, 2.24) is 4.40 Å². The normalized spacial score (nSPS) is 10.8. The molecule has 0 radical (unpaired) electrons. The van der Waals surface area contributed by atoms with Crippen molar-refractivity contribution in [1.29, 1.82) is 0 Å². The first-order valence-electron chi connectivity index (χ1n) is 4.69. The summed E-state index contributed by atoms with van der Waals surface area (Å²) in [7, 11) is 0. The van der Waals surface area contributed by atoms with Crippen molar-refractivity contribution in [2.24, 2.45) is 0 Å². The van der Waals surface area contributed by atoms with Crippen molar-refractivity contribution in [3.8, 4) is 0 Å². The Morgan fingerprint density at radius 1 is 1.29 bits per heavy atom. The lowest BCUT2D eigenvalue weighted by atomic mass is 10.2. The minimum Gasteiger partial charge on any atom is -0.314 e. The number of aryl methyl sites for hydroxylation is 2. The highest BCUT2D eigenvalue weighted by Gasteiger charge is 2.10. The Kier molecular flexibility index (Phi) is 1.92. The largest absolute Gasteiger partial charge is 0.314 e. The van der Waals surface area contributed by atoms with Gasteiger partial charge in [0.1, 0.15) is 0 Å². The molecule has 0 aliphatic heterocycles. The second-order valence-corrected chi connectivity index (χ2v) is 3.73. The molecule has 2 heteroatoms. The number of fused-ring (bicyclic) bond motifs is 1. The zero-order chi connectivity index (χ0) is 10.3. The molecule has 0 aliphatic rings. The average molecular weight is 187 g/mol. The summed E-state index contributed by atoms with van der Waals surface area (Å²) < 4.78 is 1.95. The Morgan fingerprint density at radius 3 is 2.64 bits per heavy atom. The zero-order valence-electron chi connectivity index (χ0n) is 8.66. The summed E-state index contributed by atoms with van der Waals surface area (Å²) >= 11 is 0. The van der Waals surface area contributed by atoms with E-state index in [1.54, 1.807) is 6.92 Å². The standard InChI is InChI=1S/C12H13NO/c1-8-4-5-13-11(6-8)7-9(2)12(13)10(3)14/h4-7H,1-3H3. The molecule has 0 aromatic carbocycles. The van der Waals surface area contributed by atoms with Gasteiger partial charge in [0, 0.05) is 18.6 Å². The highest BCUT2D eigenvalue weighted by molar-refractivity contribution is 5.95. The fourth-order valence-electron chi connectivity index (χ4n) is 1.87. The summed E-state index contributed by atoms with van der Waals surface area (Å²) in [6.45, 7) is 5.63. The Balaban J connectivity index is 2.84. The lowest BCUT2D eigenvalue weighted by Gasteiger charge is -2.00. The molecule has 0 saturated carbocycles. The molecule has 0 N–H and O–H groups in total. The summed E-state index contributed by atoms with van der Waals surface area (Å²) in [5.41, 5.74) is 4.14. The summed E-state index contributed by atoms with van der Waals surface area (Å²) in [6.07, 6.45) is 1.95. The molecule has 72 valence electrons. The summed E-state index contributed by atoms with van der Waals surface area (Å²) in [5, 5.41) is 0. The van der Waals surface area contributed by atoms with Crippen LogP contribution in [0.2, 0.25) is 0 Å². The van der Waals surface area contributed by atoms with Crippen LogP contribution in [0.25, 0.3) is 5.52 Å². The van der Waals surface area contributed by atoms with E-state index in [-0.39, 0.29) is 5.78 Å². The van der Waals surface area contributed by atoms with E-state index in [1.807, 2.05) is 29.7 Å². The van der Waals surface area contributed by atoms with Crippen LogP contribution in [-0.4, -0.2) is 10.2 Å². The predicted molar refractivity (Wildman–Crippen MR) is 56.9 cm³/mol. The van der Waals surface area contributed by atoms with Crippen molar-refractivity contribution >= 4 is 11.3 Å². The maximum absolute atomic E-state index is 11.4. The van der Waals surface area contributed by atoms with Crippen LogP contribution in [0.1, 0.15) is 28.5 Å². The smallest absolute Gasteiger partial charge is 0.176 e. The molecule has 0 spiro atoms. The molecule has 0 unspecified atom stereocenters. The van der Waals surface area contributed by atoms with Crippen LogP contribution in [0.3, 0.4) is 0 Å². The van der Waals surface area contributed by atoms with Crippen LogP contribution in [0, 0.1) is 13.8 Å². The monoisotopic (exact) mass is 187 g/mol. The number of nitrogens with zero attached hydrogens (tertiary/aromatic N) is 1. The van der Waals surface area contributed by atoms with Gasteiger partial charge in [-0.2, -0.15) is 0 Å². The number of Topliss-reactive ketones (excluding diaryl/α,β-unsaturated/α-hetero) is 1. The quantitative estimate of drug-likeness (QED) is 0.629. The van der Waals surface area contributed by atoms with Gasteiger partial charge in [-0.3, -0.25) is 4.79 Å². The minimum absolute atomic E-state index is 0.117. The number of ketones is 1. The zero-order valence-corrected chi connectivity index (χ0v) is 8.66. The summed E-state index contributed by atoms with van der Waals surface area (Å²) in [6, 6.07) is 6.14. The number of carbonyl (C=O) groups is 1. The van der Waals surface area contributed by atoms with Gasteiger partial charge in [-0.25, -0.2) is 0 Å². The Hall–Kier alpha value is -1.57. The van der Waals surface area contributed by atoms with E-state index in [0.29, 0.717) is 0 Å². The molecule has 0 amide bonds. The van der Waals surface area contributed by atoms with Crippen LogP contribution in [-0.2, 0) is 0 Å². The lowest BCUT2D eigenvalue weighted by Crippen LogP contribution is -2.00. The van der Waals surface area contributed by atoms with Gasteiger partial charge in [-0.05, 0) is 43.2 Å². The van der Waals surface area contributed by atoms with Crippen LogP contribution in [0.15, 0.2) is 24.4 Å². The molecule has 0 atom stereocenters. The molecule has 0 aliphatic carbocycles. The highest BCUT2D eigenvalue weighted by Crippen LogP contribution is 2.17. The molecule has 2 aromatic heterocycles. The van der Waals surface area contributed by atoms with E-state index < -0.39 is 0 Å². The van der Waals surface area contributed by atoms with Gasteiger partial charge in [0.2, 0.25) is 0 Å². The summed E-state index contributed by atoms with van der Waals surface area (Å²) in [5.74, 6) is 0.117. The van der Waals surface area contributed by atoms with Crippen LogP contribution in [0.5, 0.6) is 0 Å². The average Bonchev–Trinajstić information content (AvgIpc) is 2.39. The number of hydrogen-bond acceptors (Lipinski definition) is 1. The molecule has 0 saturated heterocycles. The first-order chi connectivity index (χ1) is 6.59. The van der Waals surface area contributed by atoms with Gasteiger partial charge in [-0.15, -0.1) is 0 Å². The van der Waals surface area contributed by atoms with E-state index >= 15 is 0 Å². The molecular formula is C12H13NO. The van der Waals surface area contributed by atoms with Crippen molar-refractivity contribution in [3.63, 3.8) is 0 Å². The molecule has 2 rings (SSSR count). The van der Waals surface area contributed by atoms with E-state index in [0.717, 1.165) is 16.8 Å². The van der Waals surface area contributed by atoms with Gasteiger partial charge in [0.15, 0.2) is 5.78 Å². The lowest BCUT2D eigenvalue weighted by molar-refractivity contribution is 0.101. The van der Waals surface area contributed by atoms with Gasteiger partial charge in [0.25, 0.3) is 0 Å². The van der Waals surface area contributed by atoms with Gasteiger partial charge in [-0.1, -0.05) is 0 Å². The number of hydrogen-bond donors (Lipinski definition) is 0. The second kappa shape index (κ2) is 2.98. The molecule has 14 heavy (non-hydrogen) atoms. The third-order valence-electron chi connectivity index (χ3n) is 2.45. The third kappa shape index (κ3) is 1.23. The molecule has 0 fully saturated rings.